The first-order valence-electron chi connectivity index (χ1n) is 12.9. The first-order valence-corrected chi connectivity index (χ1v) is 12.9. The molecule has 0 unspecified atom stereocenters. The molecule has 6 heteroatoms. The van der Waals surface area contributed by atoms with Crippen molar-refractivity contribution in [2.45, 2.75) is 84.1 Å². The highest BCUT2D eigenvalue weighted by atomic mass is 35.5. The topological polar surface area (TPSA) is 21.5 Å². The van der Waals surface area contributed by atoms with Gasteiger partial charge in [-0.15, -0.1) is 0 Å². The van der Waals surface area contributed by atoms with Crippen LogP contribution in [0.4, 0.5) is 8.78 Å². The lowest BCUT2D eigenvalue weighted by atomic mass is 9.92. The minimum atomic E-state index is -0.802. The van der Waals surface area contributed by atoms with Gasteiger partial charge in [0.25, 0.3) is 0 Å². The van der Waals surface area contributed by atoms with Crippen molar-refractivity contribution in [3.63, 3.8) is 0 Å². The van der Waals surface area contributed by atoms with E-state index in [1.807, 2.05) is 0 Å². The Bertz CT molecular complexity index is 977. The van der Waals surface area contributed by atoms with Gasteiger partial charge in [0, 0.05) is 24.0 Å². The third-order valence-electron chi connectivity index (χ3n) is 6.83. The van der Waals surface area contributed by atoms with Crippen LogP contribution in [-0.4, -0.2) is 31.1 Å². The summed E-state index contributed by atoms with van der Waals surface area (Å²) < 4.78 is 40.7. The van der Waals surface area contributed by atoms with Gasteiger partial charge in [-0.1, -0.05) is 58.3 Å². The monoisotopic (exact) mass is 507 g/mol. The normalized spacial score (nSPS) is 12.8. The molecule has 0 amide bonds. The van der Waals surface area contributed by atoms with Gasteiger partial charge in [0.2, 0.25) is 0 Å². The molecule has 2 aromatic rings. The van der Waals surface area contributed by atoms with Gasteiger partial charge in [-0.25, -0.2) is 13.4 Å². The van der Waals surface area contributed by atoms with E-state index in [1.54, 1.807) is 20.3 Å². The molecule has 1 aliphatic heterocycles. The van der Waals surface area contributed by atoms with Crippen molar-refractivity contribution >= 4 is 5.71 Å². The van der Waals surface area contributed by atoms with Gasteiger partial charge in [0.05, 0.1) is 14.2 Å². The molecule has 194 valence electrons. The minimum absolute atomic E-state index is 0. The summed E-state index contributed by atoms with van der Waals surface area (Å²) >= 11 is 0. The molecular formula is C29H40ClF2NO2. The van der Waals surface area contributed by atoms with E-state index < -0.39 is 11.6 Å². The fraction of sp³-hybridized carbons (Fsp3) is 0.552. The largest absolute Gasteiger partial charge is 1.00 e. The van der Waals surface area contributed by atoms with E-state index in [9.17, 15) is 8.78 Å². The number of ether oxygens (including phenoxy) is 2. The predicted octanol–water partition coefficient (Wildman–Crippen LogP) is 4.46. The van der Waals surface area contributed by atoms with Gasteiger partial charge < -0.3 is 21.9 Å². The highest BCUT2D eigenvalue weighted by molar-refractivity contribution is 5.99. The molecule has 0 saturated heterocycles. The first-order chi connectivity index (χ1) is 16.6. The molecule has 0 N–H and O–H groups in total. The number of methoxy groups -OCH3 is 2. The van der Waals surface area contributed by atoms with E-state index in [-0.39, 0.29) is 12.4 Å². The van der Waals surface area contributed by atoms with E-state index in [4.69, 9.17) is 9.47 Å². The van der Waals surface area contributed by atoms with E-state index in [2.05, 4.69) is 23.6 Å². The molecular weight excluding hydrogens is 468 g/mol. The summed E-state index contributed by atoms with van der Waals surface area (Å²) in [5.41, 5.74) is 4.48. The fourth-order valence-electron chi connectivity index (χ4n) is 4.89. The van der Waals surface area contributed by atoms with Gasteiger partial charge in [-0.2, -0.15) is 0 Å². The number of benzene rings is 2. The molecule has 0 aromatic heterocycles. The molecule has 1 heterocycles. The maximum atomic E-state index is 13.8. The summed E-state index contributed by atoms with van der Waals surface area (Å²) in [7, 11) is 3.32. The Morgan fingerprint density at radius 3 is 2.06 bits per heavy atom. The van der Waals surface area contributed by atoms with E-state index in [0.29, 0.717) is 6.54 Å². The lowest BCUT2D eigenvalue weighted by Gasteiger charge is -2.21. The van der Waals surface area contributed by atoms with E-state index >= 15 is 0 Å². The third kappa shape index (κ3) is 8.20. The fourth-order valence-corrected chi connectivity index (χ4v) is 4.89. The number of unbranched alkanes of at least 4 members (excludes halogenated alkanes) is 8. The third-order valence-corrected chi connectivity index (χ3v) is 6.83. The Kier molecular flexibility index (Phi) is 12.5. The average Bonchev–Trinajstić information content (AvgIpc) is 2.85. The number of halogens is 3. The SMILES string of the molecule is CCCCCCCCCCCC1=[N+](Cc2ccc(F)c(F)c2)CCc2cc(OC)c(OC)cc21.[Cl-]. The Hall–Kier alpha value is -2.14. The van der Waals surface area contributed by atoms with Crippen molar-refractivity contribution in [2.24, 2.45) is 0 Å². The second kappa shape index (κ2) is 15.1. The van der Waals surface area contributed by atoms with Crippen molar-refractivity contribution in [3.05, 3.63) is 58.7 Å². The number of hydrogen-bond donors (Lipinski definition) is 0. The molecule has 3 nitrogen and oxygen atoms in total. The number of nitrogens with zero attached hydrogens (tertiary/aromatic N) is 1. The summed E-state index contributed by atoms with van der Waals surface area (Å²) in [5, 5.41) is 0. The van der Waals surface area contributed by atoms with Crippen molar-refractivity contribution in [2.75, 3.05) is 20.8 Å². The van der Waals surface area contributed by atoms with Crippen LogP contribution in [-0.2, 0) is 13.0 Å². The van der Waals surface area contributed by atoms with Gasteiger partial charge in [-0.3, -0.25) is 0 Å². The molecule has 35 heavy (non-hydrogen) atoms. The highest BCUT2D eigenvalue weighted by Gasteiger charge is 2.27. The predicted molar refractivity (Wildman–Crippen MR) is 134 cm³/mol. The number of rotatable bonds is 14. The molecule has 0 saturated carbocycles. The smallest absolute Gasteiger partial charge is 0.184 e. The molecule has 0 fully saturated rings. The Balaban J connectivity index is 0.00000432. The zero-order valence-electron chi connectivity index (χ0n) is 21.5. The molecule has 0 aliphatic carbocycles. The molecule has 3 rings (SSSR count). The van der Waals surface area contributed by atoms with E-state index in [0.717, 1.165) is 42.9 Å². The molecule has 0 spiro atoms. The Morgan fingerprint density at radius 1 is 0.800 bits per heavy atom. The number of fused-ring (bicyclic) bond motifs is 1. The van der Waals surface area contributed by atoms with Gasteiger partial charge >= 0.3 is 0 Å². The zero-order chi connectivity index (χ0) is 24.3. The summed E-state index contributed by atoms with van der Waals surface area (Å²) in [6.07, 6.45) is 13.4. The molecule has 0 bridgehead atoms. The quantitative estimate of drug-likeness (QED) is 0.278. The second-order valence-corrected chi connectivity index (χ2v) is 9.31. The van der Waals surface area contributed by atoms with Crippen molar-refractivity contribution in [3.8, 4) is 11.5 Å². The van der Waals surface area contributed by atoms with Crippen LogP contribution in [0.3, 0.4) is 0 Å². The van der Waals surface area contributed by atoms with Crippen LogP contribution in [0.1, 0.15) is 87.8 Å². The maximum absolute atomic E-state index is 13.8. The molecule has 1 aliphatic rings. The number of hydrogen-bond acceptors (Lipinski definition) is 2. The first kappa shape index (κ1) is 29.1. The molecule has 0 atom stereocenters. The van der Waals surface area contributed by atoms with Crippen LogP contribution in [0.15, 0.2) is 30.3 Å². The van der Waals surface area contributed by atoms with Crippen molar-refractivity contribution in [1.29, 1.82) is 0 Å². The van der Waals surface area contributed by atoms with Crippen LogP contribution in [0.5, 0.6) is 11.5 Å². The summed E-state index contributed by atoms with van der Waals surface area (Å²) in [6.45, 7) is 3.66. The van der Waals surface area contributed by atoms with Crippen molar-refractivity contribution < 1.29 is 35.2 Å². The van der Waals surface area contributed by atoms with Crippen LogP contribution < -0.4 is 21.9 Å². The zero-order valence-corrected chi connectivity index (χ0v) is 22.2. The molecule has 0 radical (unpaired) electrons. The Morgan fingerprint density at radius 2 is 1.43 bits per heavy atom. The van der Waals surface area contributed by atoms with Crippen LogP contribution in [0.2, 0.25) is 0 Å². The van der Waals surface area contributed by atoms with Crippen LogP contribution >= 0.6 is 0 Å². The summed E-state index contributed by atoms with van der Waals surface area (Å²) in [5.74, 6) is -0.122. The standard InChI is InChI=1S/C29H40F2NO2.ClH/c1-4-5-6-7-8-9-10-11-12-13-27-24-20-29(34-3)28(33-2)19-23(24)16-17-32(27)21-22-14-15-25(30)26(31)18-22;/h14-15,18-20H,4-13,16-17,21H2,1-3H3;1H/q+1;/p-1. The summed E-state index contributed by atoms with van der Waals surface area (Å²) in [4.78, 5) is 0. The summed E-state index contributed by atoms with van der Waals surface area (Å²) in [6, 6.07) is 8.37. The van der Waals surface area contributed by atoms with Crippen LogP contribution in [0, 0.1) is 11.6 Å². The van der Waals surface area contributed by atoms with E-state index in [1.165, 1.54) is 80.3 Å². The van der Waals surface area contributed by atoms with Gasteiger partial charge in [0.15, 0.2) is 35.4 Å². The van der Waals surface area contributed by atoms with Gasteiger partial charge in [0.1, 0.15) is 6.54 Å². The molecule has 2 aromatic carbocycles. The Labute approximate surface area is 216 Å². The van der Waals surface area contributed by atoms with Gasteiger partial charge in [-0.05, 0) is 42.3 Å². The maximum Gasteiger partial charge on any atom is 0.184 e. The highest BCUT2D eigenvalue weighted by Crippen LogP contribution is 2.33. The van der Waals surface area contributed by atoms with Crippen molar-refractivity contribution in [1.82, 2.24) is 0 Å². The lowest BCUT2D eigenvalue weighted by molar-refractivity contribution is -0.545. The minimum Gasteiger partial charge on any atom is -1.00 e. The van der Waals surface area contributed by atoms with Crippen LogP contribution in [0.25, 0.3) is 0 Å². The lowest BCUT2D eigenvalue weighted by Crippen LogP contribution is -3.00. The second-order valence-electron chi connectivity index (χ2n) is 9.31. The average molecular weight is 508 g/mol.